The van der Waals surface area contributed by atoms with Crippen LogP contribution in [0.25, 0.3) is 0 Å². The zero-order chi connectivity index (χ0) is 15.0. The van der Waals surface area contributed by atoms with Crippen LogP contribution in [0.2, 0.25) is 0 Å². The third-order valence-corrected chi connectivity index (χ3v) is 4.21. The van der Waals surface area contributed by atoms with Crippen LogP contribution in [-0.2, 0) is 0 Å². The lowest BCUT2D eigenvalue weighted by atomic mass is 9.96. The molecule has 1 unspecified atom stereocenters. The van der Waals surface area contributed by atoms with Gasteiger partial charge in [-0.1, -0.05) is 5.16 Å². The minimum absolute atomic E-state index is 0.00458. The van der Waals surface area contributed by atoms with Crippen LogP contribution in [0.1, 0.15) is 58.4 Å². The number of nitrogens with zero attached hydrogens (tertiary/aromatic N) is 3. The van der Waals surface area contributed by atoms with Crippen LogP contribution in [0, 0.1) is 20.8 Å². The molecule has 0 spiro atoms. The number of amides is 1. The van der Waals surface area contributed by atoms with Gasteiger partial charge in [0, 0.05) is 6.54 Å². The number of aromatic amines is 1. The number of aryl methyl sites for hydroxylation is 3. The van der Waals surface area contributed by atoms with Gasteiger partial charge in [-0.05, 0) is 45.6 Å². The highest BCUT2D eigenvalue weighted by Crippen LogP contribution is 2.33. The molecule has 3 rings (SSSR count). The predicted molar refractivity (Wildman–Crippen MR) is 76.9 cm³/mol. The molecule has 1 atom stereocenters. The van der Waals surface area contributed by atoms with Gasteiger partial charge in [0.25, 0.3) is 5.91 Å². The number of carbonyl (C=O) groups is 1. The van der Waals surface area contributed by atoms with E-state index in [1.807, 2.05) is 24.9 Å². The van der Waals surface area contributed by atoms with E-state index >= 15 is 0 Å². The monoisotopic (exact) mass is 288 g/mol. The molecular weight excluding hydrogens is 268 g/mol. The molecule has 0 bridgehead atoms. The zero-order valence-corrected chi connectivity index (χ0v) is 12.6. The van der Waals surface area contributed by atoms with E-state index in [1.54, 1.807) is 6.92 Å². The molecule has 6 heteroatoms. The number of rotatable bonds is 2. The van der Waals surface area contributed by atoms with Crippen molar-refractivity contribution in [2.75, 3.05) is 6.54 Å². The largest absolute Gasteiger partial charge is 0.361 e. The average Bonchev–Trinajstić information content (AvgIpc) is 3.04. The number of hydrogen-bond donors (Lipinski definition) is 1. The van der Waals surface area contributed by atoms with Gasteiger partial charge in [0.1, 0.15) is 11.3 Å². The summed E-state index contributed by atoms with van der Waals surface area (Å²) in [6.07, 6.45) is 4.91. The average molecular weight is 288 g/mol. The second-order valence-electron chi connectivity index (χ2n) is 5.68. The van der Waals surface area contributed by atoms with E-state index in [0.717, 1.165) is 37.1 Å². The fourth-order valence-electron chi connectivity index (χ4n) is 3.10. The standard InChI is InChI=1S/C15H20N4O2/c1-9-8-16-17-14(9)12-6-4-5-7-19(12)15(20)13-10(2)18-21-11(13)3/h8,12H,4-7H2,1-3H3,(H,16,17). The van der Waals surface area contributed by atoms with Crippen molar-refractivity contribution in [1.82, 2.24) is 20.3 Å². The van der Waals surface area contributed by atoms with Crippen LogP contribution in [-0.4, -0.2) is 32.7 Å². The van der Waals surface area contributed by atoms with Crippen molar-refractivity contribution in [3.63, 3.8) is 0 Å². The van der Waals surface area contributed by atoms with Gasteiger partial charge in [-0.15, -0.1) is 0 Å². The maximum absolute atomic E-state index is 12.9. The highest BCUT2D eigenvalue weighted by atomic mass is 16.5. The number of likely N-dealkylation sites (tertiary alicyclic amines) is 1. The first-order valence-electron chi connectivity index (χ1n) is 7.33. The minimum atomic E-state index is 0.00458. The summed E-state index contributed by atoms with van der Waals surface area (Å²) in [6.45, 7) is 6.37. The normalized spacial score (nSPS) is 19.0. The topological polar surface area (TPSA) is 75.0 Å². The first-order chi connectivity index (χ1) is 10.1. The van der Waals surface area contributed by atoms with Gasteiger partial charge in [-0.2, -0.15) is 5.10 Å². The Morgan fingerprint density at radius 1 is 1.38 bits per heavy atom. The van der Waals surface area contributed by atoms with Crippen LogP contribution in [0.15, 0.2) is 10.7 Å². The summed E-state index contributed by atoms with van der Waals surface area (Å²) in [5.74, 6) is 0.591. The maximum atomic E-state index is 12.9. The molecule has 21 heavy (non-hydrogen) atoms. The first kappa shape index (κ1) is 13.9. The molecule has 1 aliphatic rings. The zero-order valence-electron chi connectivity index (χ0n) is 12.6. The van der Waals surface area contributed by atoms with E-state index in [9.17, 15) is 4.79 Å². The van der Waals surface area contributed by atoms with Gasteiger partial charge >= 0.3 is 0 Å². The van der Waals surface area contributed by atoms with Crippen LogP contribution in [0.4, 0.5) is 0 Å². The van der Waals surface area contributed by atoms with Crippen molar-refractivity contribution >= 4 is 5.91 Å². The fourth-order valence-corrected chi connectivity index (χ4v) is 3.10. The number of H-pyrrole nitrogens is 1. The second kappa shape index (κ2) is 5.35. The molecule has 2 aromatic heterocycles. The van der Waals surface area contributed by atoms with Crippen molar-refractivity contribution in [2.45, 2.75) is 46.1 Å². The fraction of sp³-hybridized carbons (Fsp3) is 0.533. The Hall–Kier alpha value is -2.11. The summed E-state index contributed by atoms with van der Waals surface area (Å²) in [5, 5.41) is 11.0. The SMILES string of the molecule is Cc1cn[nH]c1C1CCCCN1C(=O)c1c(C)noc1C. The quantitative estimate of drug-likeness (QED) is 0.922. The van der Waals surface area contributed by atoms with E-state index in [-0.39, 0.29) is 11.9 Å². The molecule has 3 heterocycles. The summed E-state index contributed by atoms with van der Waals surface area (Å²) in [4.78, 5) is 14.8. The summed E-state index contributed by atoms with van der Waals surface area (Å²) in [7, 11) is 0. The summed E-state index contributed by atoms with van der Waals surface area (Å²) >= 11 is 0. The van der Waals surface area contributed by atoms with Gasteiger partial charge in [-0.25, -0.2) is 0 Å². The molecule has 1 N–H and O–H groups in total. The number of aromatic nitrogens is 3. The van der Waals surface area contributed by atoms with E-state index in [2.05, 4.69) is 15.4 Å². The van der Waals surface area contributed by atoms with Gasteiger partial charge in [0.2, 0.25) is 0 Å². The van der Waals surface area contributed by atoms with Gasteiger partial charge in [0.15, 0.2) is 0 Å². The van der Waals surface area contributed by atoms with Gasteiger partial charge < -0.3 is 9.42 Å². The molecular formula is C15H20N4O2. The molecule has 0 aliphatic carbocycles. The molecule has 1 fully saturated rings. The highest BCUT2D eigenvalue weighted by Gasteiger charge is 2.33. The van der Waals surface area contributed by atoms with Crippen molar-refractivity contribution < 1.29 is 9.32 Å². The van der Waals surface area contributed by atoms with Gasteiger partial charge in [0.05, 0.1) is 23.6 Å². The summed E-state index contributed by atoms with van der Waals surface area (Å²) in [6, 6.07) is 0.0578. The minimum Gasteiger partial charge on any atom is -0.361 e. The number of hydrogen-bond acceptors (Lipinski definition) is 4. The molecule has 0 radical (unpaired) electrons. The molecule has 1 amide bonds. The van der Waals surface area contributed by atoms with Crippen LogP contribution < -0.4 is 0 Å². The Morgan fingerprint density at radius 2 is 2.19 bits per heavy atom. The van der Waals surface area contributed by atoms with Crippen molar-refractivity contribution in [3.8, 4) is 0 Å². The maximum Gasteiger partial charge on any atom is 0.259 e. The first-order valence-corrected chi connectivity index (χ1v) is 7.33. The van der Waals surface area contributed by atoms with E-state index in [1.165, 1.54) is 0 Å². The molecule has 1 saturated heterocycles. The Kier molecular flexibility index (Phi) is 3.53. The number of carbonyl (C=O) groups excluding carboxylic acids is 1. The lowest BCUT2D eigenvalue weighted by molar-refractivity contribution is 0.0603. The van der Waals surface area contributed by atoms with Crippen molar-refractivity contribution in [3.05, 3.63) is 34.5 Å². The second-order valence-corrected chi connectivity index (χ2v) is 5.68. The lowest BCUT2D eigenvalue weighted by Crippen LogP contribution is -2.39. The van der Waals surface area contributed by atoms with Crippen molar-refractivity contribution in [1.29, 1.82) is 0 Å². The molecule has 112 valence electrons. The third-order valence-electron chi connectivity index (χ3n) is 4.21. The van der Waals surface area contributed by atoms with E-state index in [4.69, 9.17) is 4.52 Å². The van der Waals surface area contributed by atoms with Crippen LogP contribution in [0.3, 0.4) is 0 Å². The summed E-state index contributed by atoms with van der Waals surface area (Å²) < 4.78 is 5.14. The van der Waals surface area contributed by atoms with Crippen LogP contribution >= 0.6 is 0 Å². The number of nitrogens with one attached hydrogen (secondary N) is 1. The molecule has 6 nitrogen and oxygen atoms in total. The van der Waals surface area contributed by atoms with E-state index < -0.39 is 0 Å². The Morgan fingerprint density at radius 3 is 2.81 bits per heavy atom. The molecule has 0 saturated carbocycles. The Bertz CT molecular complexity index is 639. The Labute approximate surface area is 123 Å². The van der Waals surface area contributed by atoms with Crippen LogP contribution in [0.5, 0.6) is 0 Å². The predicted octanol–water partition coefficient (Wildman–Crippen LogP) is 2.69. The third kappa shape index (κ3) is 2.34. The van der Waals surface area contributed by atoms with Crippen molar-refractivity contribution in [2.24, 2.45) is 0 Å². The highest BCUT2D eigenvalue weighted by molar-refractivity contribution is 5.96. The van der Waals surface area contributed by atoms with E-state index in [0.29, 0.717) is 17.0 Å². The number of piperidine rings is 1. The molecule has 0 aromatic carbocycles. The van der Waals surface area contributed by atoms with Gasteiger partial charge in [-0.3, -0.25) is 9.89 Å². The Balaban J connectivity index is 1.95. The molecule has 2 aromatic rings. The smallest absolute Gasteiger partial charge is 0.259 e. The molecule has 1 aliphatic heterocycles. The lowest BCUT2D eigenvalue weighted by Gasteiger charge is -2.35. The summed E-state index contributed by atoms with van der Waals surface area (Å²) in [5.41, 5.74) is 3.38.